The first-order valence-corrected chi connectivity index (χ1v) is 8.30. The highest BCUT2D eigenvalue weighted by Crippen LogP contribution is 2.19. The van der Waals surface area contributed by atoms with Crippen LogP contribution in [0.15, 0.2) is 29.6 Å². The molecule has 118 valence electrons. The minimum Gasteiger partial charge on any atom is -0.326 e. The van der Waals surface area contributed by atoms with Crippen LogP contribution in [0.1, 0.15) is 36.0 Å². The lowest BCUT2D eigenvalue weighted by atomic mass is 10.2. The van der Waals surface area contributed by atoms with Crippen molar-refractivity contribution in [1.82, 2.24) is 9.88 Å². The number of amides is 1. The monoisotopic (exact) mass is 317 g/mol. The van der Waals surface area contributed by atoms with Crippen molar-refractivity contribution in [3.8, 4) is 0 Å². The Morgan fingerprint density at radius 1 is 1.36 bits per heavy atom. The molecular weight excluding hydrogens is 294 g/mol. The molecule has 0 fully saturated rings. The summed E-state index contributed by atoms with van der Waals surface area (Å²) in [6.45, 7) is 5.07. The second kappa shape index (κ2) is 7.51. The number of thiazole rings is 1. The van der Waals surface area contributed by atoms with Gasteiger partial charge in [0.25, 0.3) is 0 Å². The van der Waals surface area contributed by atoms with Gasteiger partial charge < -0.3 is 10.2 Å². The number of anilines is 1. The Balaban J connectivity index is 1.96. The Labute approximate surface area is 136 Å². The fraction of sp³-hybridized carbons (Fsp3) is 0.412. The van der Waals surface area contributed by atoms with Crippen LogP contribution in [0.4, 0.5) is 5.69 Å². The van der Waals surface area contributed by atoms with E-state index in [2.05, 4.69) is 35.1 Å². The fourth-order valence-electron chi connectivity index (χ4n) is 2.15. The van der Waals surface area contributed by atoms with Crippen molar-refractivity contribution < 1.29 is 4.79 Å². The first kappa shape index (κ1) is 16.6. The van der Waals surface area contributed by atoms with Gasteiger partial charge in [0.15, 0.2) is 0 Å². The highest BCUT2D eigenvalue weighted by atomic mass is 32.1. The van der Waals surface area contributed by atoms with E-state index in [-0.39, 0.29) is 5.91 Å². The largest absolute Gasteiger partial charge is 0.326 e. The molecule has 1 aromatic carbocycles. The molecule has 22 heavy (non-hydrogen) atoms. The van der Waals surface area contributed by atoms with Gasteiger partial charge in [-0.2, -0.15) is 0 Å². The molecule has 0 saturated carbocycles. The van der Waals surface area contributed by atoms with Crippen molar-refractivity contribution in [3.05, 3.63) is 45.9 Å². The van der Waals surface area contributed by atoms with E-state index in [1.807, 2.05) is 37.7 Å². The molecule has 0 unspecified atom stereocenters. The summed E-state index contributed by atoms with van der Waals surface area (Å²) < 4.78 is 0. The van der Waals surface area contributed by atoms with Crippen LogP contribution >= 0.6 is 11.3 Å². The number of aromatic nitrogens is 1. The van der Waals surface area contributed by atoms with E-state index in [1.165, 1.54) is 5.56 Å². The zero-order valence-corrected chi connectivity index (χ0v) is 14.4. The molecule has 2 rings (SSSR count). The average Bonchev–Trinajstić information content (AvgIpc) is 2.86. The third kappa shape index (κ3) is 4.93. The van der Waals surface area contributed by atoms with Crippen molar-refractivity contribution in [1.29, 1.82) is 0 Å². The van der Waals surface area contributed by atoms with E-state index in [9.17, 15) is 4.79 Å². The van der Waals surface area contributed by atoms with Gasteiger partial charge in [0.1, 0.15) is 0 Å². The smallest absolute Gasteiger partial charge is 0.230 e. The molecule has 1 N–H and O–H groups in total. The normalized spacial score (nSPS) is 11.2. The van der Waals surface area contributed by atoms with Crippen LogP contribution in [-0.4, -0.2) is 29.9 Å². The number of rotatable bonds is 6. The van der Waals surface area contributed by atoms with Crippen molar-refractivity contribution in [2.24, 2.45) is 0 Å². The molecule has 0 aliphatic rings. The van der Waals surface area contributed by atoms with Gasteiger partial charge in [0, 0.05) is 23.5 Å². The molecule has 0 spiro atoms. The number of nitrogens with zero attached hydrogens (tertiary/aromatic N) is 2. The van der Waals surface area contributed by atoms with E-state index >= 15 is 0 Å². The third-order valence-corrected chi connectivity index (χ3v) is 4.31. The number of benzene rings is 1. The molecule has 0 saturated heterocycles. The lowest BCUT2D eigenvalue weighted by molar-refractivity contribution is -0.115. The van der Waals surface area contributed by atoms with E-state index in [0.717, 1.165) is 22.9 Å². The highest BCUT2D eigenvalue weighted by Gasteiger charge is 2.10. The highest BCUT2D eigenvalue weighted by molar-refractivity contribution is 7.09. The van der Waals surface area contributed by atoms with Gasteiger partial charge in [-0.05, 0) is 31.8 Å². The van der Waals surface area contributed by atoms with Gasteiger partial charge in [0.05, 0.1) is 17.1 Å². The minimum absolute atomic E-state index is 0.0254. The van der Waals surface area contributed by atoms with Gasteiger partial charge in [-0.3, -0.25) is 4.79 Å². The number of nitrogens with one attached hydrogen (secondary N) is 1. The van der Waals surface area contributed by atoms with E-state index in [1.54, 1.807) is 11.3 Å². The fourth-order valence-corrected chi connectivity index (χ4v) is 2.99. The summed E-state index contributed by atoms with van der Waals surface area (Å²) in [5.41, 5.74) is 2.86. The van der Waals surface area contributed by atoms with Crippen LogP contribution in [0, 0.1) is 0 Å². The second-order valence-corrected chi connectivity index (χ2v) is 6.88. The summed E-state index contributed by atoms with van der Waals surface area (Å²) in [6.07, 6.45) is 0.321. The molecule has 1 amide bonds. The number of carbonyl (C=O) groups excluding carboxylic acids is 1. The molecule has 1 aromatic heterocycles. The van der Waals surface area contributed by atoms with Crippen LogP contribution in [0.2, 0.25) is 0 Å². The summed E-state index contributed by atoms with van der Waals surface area (Å²) in [7, 11) is 4.06. The summed E-state index contributed by atoms with van der Waals surface area (Å²) >= 11 is 1.62. The predicted molar refractivity (Wildman–Crippen MR) is 92.4 cm³/mol. The Hall–Kier alpha value is -1.72. The first-order chi connectivity index (χ1) is 10.4. The third-order valence-electron chi connectivity index (χ3n) is 3.11. The zero-order valence-electron chi connectivity index (χ0n) is 13.6. The Morgan fingerprint density at radius 2 is 2.14 bits per heavy atom. The summed E-state index contributed by atoms with van der Waals surface area (Å²) in [6, 6.07) is 7.95. The maximum Gasteiger partial charge on any atom is 0.230 e. The average molecular weight is 317 g/mol. The van der Waals surface area contributed by atoms with Crippen LogP contribution in [0.25, 0.3) is 0 Å². The first-order valence-electron chi connectivity index (χ1n) is 7.42. The Kier molecular flexibility index (Phi) is 5.69. The van der Waals surface area contributed by atoms with Gasteiger partial charge in [-0.25, -0.2) is 4.98 Å². The molecule has 0 atom stereocenters. The molecule has 0 radical (unpaired) electrons. The summed E-state index contributed by atoms with van der Waals surface area (Å²) in [4.78, 5) is 18.7. The Morgan fingerprint density at radius 3 is 2.77 bits per heavy atom. The van der Waals surface area contributed by atoms with E-state index in [4.69, 9.17) is 0 Å². The number of carbonyl (C=O) groups is 1. The zero-order chi connectivity index (χ0) is 16.1. The van der Waals surface area contributed by atoms with Crippen molar-refractivity contribution in [2.75, 3.05) is 19.4 Å². The predicted octanol–water partition coefficient (Wildman–Crippen LogP) is 3.51. The minimum atomic E-state index is -0.0254. The quantitative estimate of drug-likeness (QED) is 0.887. The molecule has 0 bridgehead atoms. The van der Waals surface area contributed by atoms with Crippen LogP contribution in [0.3, 0.4) is 0 Å². The Bertz CT molecular complexity index is 634. The second-order valence-electron chi connectivity index (χ2n) is 5.99. The van der Waals surface area contributed by atoms with Crippen LogP contribution < -0.4 is 5.32 Å². The lowest BCUT2D eigenvalue weighted by Gasteiger charge is -2.11. The van der Waals surface area contributed by atoms with Gasteiger partial charge in [0.2, 0.25) is 5.91 Å². The maximum atomic E-state index is 12.1. The molecule has 0 aliphatic heterocycles. The SMILES string of the molecule is CC(C)c1nc(CC(=O)Nc2cccc(CN(C)C)c2)cs1. The van der Waals surface area contributed by atoms with Crippen molar-refractivity contribution in [2.45, 2.75) is 32.7 Å². The molecule has 5 heteroatoms. The number of hydrogen-bond donors (Lipinski definition) is 1. The molecule has 0 aliphatic carbocycles. The maximum absolute atomic E-state index is 12.1. The molecule has 1 heterocycles. The molecule has 2 aromatic rings. The number of hydrogen-bond acceptors (Lipinski definition) is 4. The molecular formula is C17H23N3OS. The lowest BCUT2D eigenvalue weighted by Crippen LogP contribution is -2.15. The molecule has 4 nitrogen and oxygen atoms in total. The topological polar surface area (TPSA) is 45.2 Å². The summed E-state index contributed by atoms with van der Waals surface area (Å²) in [5, 5.41) is 6.00. The van der Waals surface area contributed by atoms with Crippen molar-refractivity contribution in [3.63, 3.8) is 0 Å². The van der Waals surface area contributed by atoms with Gasteiger partial charge in [-0.15, -0.1) is 11.3 Å². The van der Waals surface area contributed by atoms with Crippen molar-refractivity contribution >= 4 is 22.9 Å². The summed E-state index contributed by atoms with van der Waals surface area (Å²) in [5.74, 6) is 0.382. The van der Waals surface area contributed by atoms with Crippen LogP contribution in [0.5, 0.6) is 0 Å². The van der Waals surface area contributed by atoms with E-state index < -0.39 is 0 Å². The van der Waals surface area contributed by atoms with Crippen LogP contribution in [-0.2, 0) is 17.8 Å². The van der Waals surface area contributed by atoms with E-state index in [0.29, 0.717) is 12.3 Å². The van der Waals surface area contributed by atoms with Gasteiger partial charge >= 0.3 is 0 Å². The van der Waals surface area contributed by atoms with Gasteiger partial charge in [-0.1, -0.05) is 26.0 Å². The standard InChI is InChI=1S/C17H23N3OS/c1-12(2)17-19-15(11-22-17)9-16(21)18-14-7-5-6-13(8-14)10-20(3)4/h5-8,11-12H,9-10H2,1-4H3,(H,18,21).